The lowest BCUT2D eigenvalue weighted by atomic mass is 10.1. The number of aromatic nitrogens is 4. The summed E-state index contributed by atoms with van der Waals surface area (Å²) in [5.74, 6) is 0. The fourth-order valence-corrected chi connectivity index (χ4v) is 3.22. The molecule has 24 heavy (non-hydrogen) atoms. The van der Waals surface area contributed by atoms with Crippen LogP contribution in [0.2, 0.25) is 0 Å². The molecule has 0 aliphatic heterocycles. The summed E-state index contributed by atoms with van der Waals surface area (Å²) in [6.45, 7) is 0. The van der Waals surface area contributed by atoms with Crippen LogP contribution < -0.4 is 17.0 Å². The zero-order valence-corrected chi connectivity index (χ0v) is 13.2. The van der Waals surface area contributed by atoms with Gasteiger partial charge in [0.1, 0.15) is 5.01 Å². The van der Waals surface area contributed by atoms with Crippen LogP contribution in [0.4, 0.5) is 11.4 Å². The number of hydrogen-bond donors (Lipinski definition) is 2. The fourth-order valence-electron chi connectivity index (χ4n) is 2.38. The van der Waals surface area contributed by atoms with Crippen molar-refractivity contribution in [3.63, 3.8) is 0 Å². The van der Waals surface area contributed by atoms with Crippen LogP contribution in [0.15, 0.2) is 53.3 Å². The summed E-state index contributed by atoms with van der Waals surface area (Å²) in [6.07, 6.45) is 0. The Kier molecular flexibility index (Phi) is 3.24. The standard InChI is InChI=1S/C16H12N6OS/c17-10-5-3-4-9(8-10)14-21-22-15(23)13(19-20-16(22)24-14)11-6-1-2-7-12(11)18/h1-8H,17-18H2. The van der Waals surface area contributed by atoms with Gasteiger partial charge in [0.05, 0.1) is 0 Å². The molecular weight excluding hydrogens is 324 g/mol. The topological polar surface area (TPSA) is 112 Å². The van der Waals surface area contributed by atoms with Gasteiger partial charge in [-0.05, 0) is 18.2 Å². The van der Waals surface area contributed by atoms with E-state index in [2.05, 4.69) is 15.3 Å². The lowest BCUT2D eigenvalue weighted by molar-refractivity contribution is 0.862. The highest BCUT2D eigenvalue weighted by Gasteiger charge is 2.15. The first kappa shape index (κ1) is 14.3. The van der Waals surface area contributed by atoms with Gasteiger partial charge < -0.3 is 11.5 Å². The first-order valence-electron chi connectivity index (χ1n) is 7.11. The minimum Gasteiger partial charge on any atom is -0.399 e. The number of para-hydroxylation sites is 1. The van der Waals surface area contributed by atoms with Crippen molar-refractivity contribution in [2.45, 2.75) is 0 Å². The lowest BCUT2D eigenvalue weighted by Crippen LogP contribution is -2.19. The quantitative estimate of drug-likeness (QED) is 0.542. The van der Waals surface area contributed by atoms with Crippen molar-refractivity contribution in [2.24, 2.45) is 0 Å². The van der Waals surface area contributed by atoms with E-state index in [-0.39, 0.29) is 11.3 Å². The summed E-state index contributed by atoms with van der Waals surface area (Å²) in [7, 11) is 0. The van der Waals surface area contributed by atoms with Crippen LogP contribution in [0.25, 0.3) is 26.8 Å². The number of anilines is 2. The Hall–Kier alpha value is -3.26. The van der Waals surface area contributed by atoms with Gasteiger partial charge in [-0.3, -0.25) is 4.79 Å². The second kappa shape index (κ2) is 5.43. The third kappa shape index (κ3) is 2.29. The van der Waals surface area contributed by atoms with Gasteiger partial charge in [0, 0.05) is 22.5 Å². The normalized spacial score (nSPS) is 11.0. The second-order valence-corrected chi connectivity index (χ2v) is 6.12. The zero-order chi connectivity index (χ0) is 16.7. The van der Waals surface area contributed by atoms with Crippen molar-refractivity contribution < 1.29 is 0 Å². The SMILES string of the molecule is Nc1cccc(-c2nn3c(=O)c(-c4ccccc4N)nnc3s2)c1. The van der Waals surface area contributed by atoms with E-state index in [9.17, 15) is 4.79 Å². The molecule has 2 aromatic heterocycles. The summed E-state index contributed by atoms with van der Waals surface area (Å²) in [6, 6.07) is 14.3. The molecule has 0 atom stereocenters. The summed E-state index contributed by atoms with van der Waals surface area (Å²) in [5.41, 5.74) is 14.0. The maximum Gasteiger partial charge on any atom is 0.302 e. The Morgan fingerprint density at radius 3 is 2.62 bits per heavy atom. The van der Waals surface area contributed by atoms with Crippen LogP contribution in [0, 0.1) is 0 Å². The third-order valence-corrected chi connectivity index (χ3v) is 4.49. The molecule has 4 N–H and O–H groups in total. The Morgan fingerprint density at radius 2 is 1.83 bits per heavy atom. The van der Waals surface area contributed by atoms with E-state index in [1.165, 1.54) is 15.9 Å². The number of benzene rings is 2. The zero-order valence-electron chi connectivity index (χ0n) is 12.4. The van der Waals surface area contributed by atoms with Gasteiger partial charge >= 0.3 is 5.56 Å². The van der Waals surface area contributed by atoms with E-state index in [1.807, 2.05) is 12.1 Å². The lowest BCUT2D eigenvalue weighted by Gasteiger charge is -2.02. The van der Waals surface area contributed by atoms with Crippen LogP contribution in [0.1, 0.15) is 0 Å². The number of nitrogen functional groups attached to an aromatic ring is 2. The van der Waals surface area contributed by atoms with Crippen LogP contribution in [-0.2, 0) is 0 Å². The predicted octanol–water partition coefficient (Wildman–Crippen LogP) is 2.04. The van der Waals surface area contributed by atoms with Crippen LogP contribution >= 0.6 is 11.3 Å². The number of fused-ring (bicyclic) bond motifs is 1. The maximum atomic E-state index is 12.7. The predicted molar refractivity (Wildman–Crippen MR) is 94.6 cm³/mol. The van der Waals surface area contributed by atoms with Gasteiger partial charge in [0.15, 0.2) is 5.69 Å². The fraction of sp³-hybridized carbons (Fsp3) is 0. The van der Waals surface area contributed by atoms with Gasteiger partial charge in [0.2, 0.25) is 4.96 Å². The Morgan fingerprint density at radius 1 is 1.00 bits per heavy atom. The highest BCUT2D eigenvalue weighted by Crippen LogP contribution is 2.26. The molecule has 0 spiro atoms. The Labute approximate surface area is 140 Å². The minimum atomic E-state index is -0.357. The summed E-state index contributed by atoms with van der Waals surface area (Å²) in [4.78, 5) is 13.1. The van der Waals surface area contributed by atoms with E-state index in [0.717, 1.165) is 5.56 Å². The molecule has 0 fully saturated rings. The molecule has 2 aromatic carbocycles. The Bertz CT molecular complexity index is 1120. The molecule has 0 saturated carbocycles. The molecule has 0 aliphatic rings. The highest BCUT2D eigenvalue weighted by atomic mass is 32.1. The molecule has 2 heterocycles. The molecule has 0 radical (unpaired) electrons. The van der Waals surface area contributed by atoms with Crippen LogP contribution in [0.5, 0.6) is 0 Å². The van der Waals surface area contributed by atoms with E-state index >= 15 is 0 Å². The molecular formula is C16H12N6OS. The summed E-state index contributed by atoms with van der Waals surface area (Å²) >= 11 is 1.27. The van der Waals surface area contributed by atoms with E-state index < -0.39 is 0 Å². The molecule has 0 amide bonds. The van der Waals surface area contributed by atoms with E-state index in [0.29, 0.717) is 26.9 Å². The second-order valence-electron chi connectivity index (χ2n) is 5.17. The smallest absolute Gasteiger partial charge is 0.302 e. The molecule has 0 saturated heterocycles. The Balaban J connectivity index is 1.92. The van der Waals surface area contributed by atoms with Crippen molar-refractivity contribution in [1.29, 1.82) is 0 Å². The van der Waals surface area contributed by atoms with Gasteiger partial charge in [-0.25, -0.2) is 0 Å². The van der Waals surface area contributed by atoms with Gasteiger partial charge in [0.25, 0.3) is 0 Å². The maximum absolute atomic E-state index is 12.7. The van der Waals surface area contributed by atoms with Gasteiger partial charge in [-0.2, -0.15) is 9.61 Å². The average Bonchev–Trinajstić information content (AvgIpc) is 3.01. The van der Waals surface area contributed by atoms with Crippen molar-refractivity contribution >= 4 is 27.7 Å². The molecule has 0 unspecified atom stereocenters. The largest absolute Gasteiger partial charge is 0.399 e. The van der Waals surface area contributed by atoms with Crippen molar-refractivity contribution in [3.05, 3.63) is 58.9 Å². The monoisotopic (exact) mass is 336 g/mol. The van der Waals surface area contributed by atoms with E-state index in [1.54, 1.807) is 36.4 Å². The van der Waals surface area contributed by atoms with Crippen LogP contribution in [0.3, 0.4) is 0 Å². The molecule has 7 nitrogen and oxygen atoms in total. The number of nitrogens with two attached hydrogens (primary N) is 2. The first-order chi connectivity index (χ1) is 11.6. The van der Waals surface area contributed by atoms with E-state index in [4.69, 9.17) is 11.5 Å². The van der Waals surface area contributed by atoms with Crippen molar-refractivity contribution in [3.8, 4) is 21.8 Å². The minimum absolute atomic E-state index is 0.176. The van der Waals surface area contributed by atoms with Crippen molar-refractivity contribution in [2.75, 3.05) is 11.5 Å². The molecule has 8 heteroatoms. The van der Waals surface area contributed by atoms with Gasteiger partial charge in [-0.1, -0.05) is 41.7 Å². The van der Waals surface area contributed by atoms with Crippen LogP contribution in [-0.4, -0.2) is 19.8 Å². The molecule has 118 valence electrons. The number of rotatable bonds is 2. The molecule has 4 aromatic rings. The molecule has 4 rings (SSSR count). The number of hydrogen-bond acceptors (Lipinski definition) is 7. The first-order valence-corrected chi connectivity index (χ1v) is 7.92. The summed E-state index contributed by atoms with van der Waals surface area (Å²) < 4.78 is 1.25. The summed E-state index contributed by atoms with van der Waals surface area (Å²) in [5, 5.41) is 13.2. The van der Waals surface area contributed by atoms with Gasteiger partial charge in [-0.15, -0.1) is 10.2 Å². The number of nitrogens with zero attached hydrogens (tertiary/aromatic N) is 4. The molecule has 0 aliphatic carbocycles. The third-order valence-electron chi connectivity index (χ3n) is 3.54. The van der Waals surface area contributed by atoms with Crippen molar-refractivity contribution in [1.82, 2.24) is 19.8 Å². The highest BCUT2D eigenvalue weighted by molar-refractivity contribution is 7.19. The molecule has 0 bridgehead atoms. The average molecular weight is 336 g/mol.